The molecular weight excluding hydrogens is 1860 g/mol. The molecule has 0 saturated carbocycles. The molecule has 6 aliphatic heterocycles. The fourth-order valence-corrected chi connectivity index (χ4v) is 15.4. The van der Waals surface area contributed by atoms with Gasteiger partial charge in [-0.1, -0.05) is 50.1 Å². The zero-order valence-electron chi connectivity index (χ0n) is 79.0. The molecule has 0 bridgehead atoms. The molecule has 0 aliphatic carbocycles. The van der Waals surface area contributed by atoms with Gasteiger partial charge < -0.3 is 81.5 Å². The zero-order valence-corrected chi connectivity index (χ0v) is 82.9. The average Bonchev–Trinajstić information content (AvgIpc) is 1.62. The van der Waals surface area contributed by atoms with E-state index >= 15 is 0 Å². The number of hydrogen-bond acceptors (Lipinski definition) is 26. The minimum Gasteiger partial charge on any atom is -0.507 e. The molecule has 30 nitrogen and oxygen atoms in total. The topological polar surface area (TPSA) is 377 Å². The van der Waals surface area contributed by atoms with E-state index in [1.54, 1.807) is 86.6 Å². The third-order valence-corrected chi connectivity index (χ3v) is 23.3. The zero-order chi connectivity index (χ0) is 97.5. The van der Waals surface area contributed by atoms with Crippen molar-refractivity contribution in [2.45, 2.75) is 227 Å². The van der Waals surface area contributed by atoms with Gasteiger partial charge in [0, 0.05) is 161 Å². The number of phenolic OH excluding ortho intramolecular Hbond substituents is 1. The van der Waals surface area contributed by atoms with Crippen LogP contribution < -0.4 is 29.3 Å². The van der Waals surface area contributed by atoms with Gasteiger partial charge in [-0.25, -0.2) is 39.1 Å². The molecule has 134 heavy (non-hydrogen) atoms. The van der Waals surface area contributed by atoms with Crippen LogP contribution in [0.3, 0.4) is 0 Å². The summed E-state index contributed by atoms with van der Waals surface area (Å²) in [7, 11) is -0.525. The summed E-state index contributed by atoms with van der Waals surface area (Å²) in [5, 5.41) is 55.8. The lowest BCUT2D eigenvalue weighted by atomic mass is 9.78. The van der Waals surface area contributed by atoms with Crippen molar-refractivity contribution >= 4 is 86.1 Å². The van der Waals surface area contributed by atoms with Crippen molar-refractivity contribution in [3.63, 3.8) is 0 Å². The molecule has 6 fully saturated rings. The molecule has 6 aromatic carbocycles. The van der Waals surface area contributed by atoms with Gasteiger partial charge in [0.15, 0.2) is 0 Å². The number of halogens is 3. The highest BCUT2D eigenvalue weighted by molar-refractivity contribution is 9.10. The predicted octanol–water partition coefficient (Wildman–Crippen LogP) is 19.4. The molecule has 708 valence electrons. The number of carbonyl (C=O) groups is 4. The van der Waals surface area contributed by atoms with E-state index in [4.69, 9.17) is 78.9 Å². The standard InChI is InChI=1S/C32H37N5O4.C23H33BN2O5.C21H23ClN4O3.C17H21BrN2O3.C7H4BrNO/c1-32(2,3)41-31(38)37-14-11-27(12-15-37)40-29-9-6-24(21-25(29)22-33)28-10-13-34-30(35-28)20-23-4-7-26(8-5-23)36-16-18-39-19-17-36;1-21(2,3)29-20(27)26-12-10-18(11-13-26)28-19-9-8-17(14-16(19)15-25)24-30-22(4,5)23(6,7)31-24;1-21(2,3)29-20(27)26-10-7-16(8-11-26)28-18-5-4-14(12-15(18)13-23)17-6-9-24-19(22)25-17;1-17(2,3)23-16(21)20-8-6-14(7-9-20)22-15-5-4-13(18)10-12(15)11-19;8-6-1-2-7(10)5(3-6)4-9/h4-10,13,21,27H,11-12,14-20H2,1-3H3;8-9,14,18H,10-13H2,1-7H3;4-6,9,12,16H,7-8,10-11H2,1-3H3;4-5,10,14H,6-9H2,1-3H3;1-3,10H. The summed E-state index contributed by atoms with van der Waals surface area (Å²) in [6.45, 7) is 38.2. The number of rotatable bonds is 14. The first kappa shape index (κ1) is 104. The first-order valence-corrected chi connectivity index (χ1v) is 46.7. The van der Waals surface area contributed by atoms with Crippen LogP contribution in [0, 0.1) is 56.7 Å². The molecule has 0 spiro atoms. The van der Waals surface area contributed by atoms with Gasteiger partial charge in [-0.15, -0.1) is 0 Å². The first-order valence-electron chi connectivity index (χ1n) is 44.7. The summed E-state index contributed by atoms with van der Waals surface area (Å²) in [4.78, 5) is 75.2. The Kier molecular flexibility index (Phi) is 36.3. The van der Waals surface area contributed by atoms with Crippen LogP contribution in [-0.2, 0) is 39.4 Å². The van der Waals surface area contributed by atoms with Crippen LogP contribution in [0.2, 0.25) is 5.28 Å². The van der Waals surface area contributed by atoms with Gasteiger partial charge in [0.25, 0.3) is 0 Å². The number of phenols is 1. The summed E-state index contributed by atoms with van der Waals surface area (Å²) < 4.78 is 65.3. The van der Waals surface area contributed by atoms with Gasteiger partial charge in [0.2, 0.25) is 5.28 Å². The van der Waals surface area contributed by atoms with Crippen molar-refractivity contribution in [2.75, 3.05) is 83.6 Å². The van der Waals surface area contributed by atoms with Crippen LogP contribution in [0.4, 0.5) is 24.9 Å². The van der Waals surface area contributed by atoms with Crippen LogP contribution in [-0.4, -0.2) is 213 Å². The van der Waals surface area contributed by atoms with Crippen molar-refractivity contribution in [3.05, 3.63) is 193 Å². The molecule has 4 amide bonds. The van der Waals surface area contributed by atoms with Gasteiger partial charge in [0.05, 0.1) is 63.6 Å². The number of hydrogen-bond donors (Lipinski definition) is 1. The van der Waals surface area contributed by atoms with E-state index in [1.165, 1.54) is 11.8 Å². The molecule has 34 heteroatoms. The Morgan fingerprint density at radius 3 is 1.14 bits per heavy atom. The predicted molar refractivity (Wildman–Crippen MR) is 514 cm³/mol. The normalized spacial score (nSPS) is 16.4. The molecular formula is C100H118BBr2ClN14O16. The molecule has 14 rings (SSSR count). The lowest BCUT2D eigenvalue weighted by Gasteiger charge is -2.33. The maximum atomic E-state index is 12.4. The lowest BCUT2D eigenvalue weighted by molar-refractivity contribution is 0.00578. The van der Waals surface area contributed by atoms with Crippen LogP contribution in [0.5, 0.6) is 28.7 Å². The fraction of sp³-hybridized carbons (Fsp3) is 0.470. The van der Waals surface area contributed by atoms with E-state index in [2.05, 4.69) is 100 Å². The van der Waals surface area contributed by atoms with Gasteiger partial charge >= 0.3 is 31.5 Å². The highest BCUT2D eigenvalue weighted by atomic mass is 79.9. The van der Waals surface area contributed by atoms with E-state index in [-0.39, 0.29) is 65.4 Å². The number of nitrogens with zero attached hydrogens (tertiary/aromatic N) is 14. The smallest absolute Gasteiger partial charge is 0.494 e. The number of anilines is 1. The second-order valence-electron chi connectivity index (χ2n) is 37.8. The van der Waals surface area contributed by atoms with Crippen molar-refractivity contribution in [2.24, 2.45) is 0 Å². The molecule has 2 aromatic heterocycles. The number of likely N-dealkylation sites (tertiary alicyclic amines) is 4. The van der Waals surface area contributed by atoms with Gasteiger partial charge in [-0.2, -0.15) is 26.3 Å². The third-order valence-electron chi connectivity index (χ3n) is 22.1. The second kappa shape index (κ2) is 46.8. The average molecular weight is 1980 g/mol. The second-order valence-corrected chi connectivity index (χ2v) is 39.9. The van der Waals surface area contributed by atoms with Crippen LogP contribution in [0.15, 0.2) is 149 Å². The Labute approximate surface area is 808 Å². The number of ether oxygens (including phenoxy) is 9. The number of amides is 4. The summed E-state index contributed by atoms with van der Waals surface area (Å²) in [6, 6.07) is 49.3. The molecule has 1 N–H and O–H groups in total. The Morgan fingerprint density at radius 2 is 0.776 bits per heavy atom. The number of benzene rings is 6. The van der Waals surface area contributed by atoms with Crippen molar-refractivity contribution in [1.82, 2.24) is 39.5 Å². The SMILES string of the molecule is CC(C)(C)OC(=O)N1CCC(Oc2ccc(-c3ccnc(Cc4ccc(N5CCOCC5)cc4)n3)cc2C#N)CC1.CC(C)(C)OC(=O)N1CCC(Oc2ccc(-c3ccnc(Cl)n3)cc2C#N)CC1.CC(C)(C)OC(=O)N1CCC(Oc2ccc(B3OC(C)(C)C(C)(C)O3)cc2C#N)CC1.CC(C)(C)OC(=O)N1CCC(Oc2ccc(Br)cc2C#N)CC1.N#Cc1cc(Br)ccc1O. The molecule has 6 aliphatic rings. The Hall–Kier alpha value is -12.0. The highest BCUT2D eigenvalue weighted by Gasteiger charge is 2.52. The first-order chi connectivity index (χ1) is 63.3. The maximum Gasteiger partial charge on any atom is 0.494 e. The number of aromatic nitrogens is 4. The molecule has 0 unspecified atom stereocenters. The van der Waals surface area contributed by atoms with Crippen molar-refractivity contribution in [3.8, 4) is 81.6 Å². The molecule has 6 saturated heterocycles. The van der Waals surface area contributed by atoms with Crippen molar-refractivity contribution in [1.29, 1.82) is 26.3 Å². The number of carbonyl (C=O) groups excluding carboxylic acids is 4. The van der Waals surface area contributed by atoms with Gasteiger partial charge in [-0.3, -0.25) is 0 Å². The van der Waals surface area contributed by atoms with Gasteiger partial charge in [-0.05, 0) is 243 Å². The van der Waals surface area contributed by atoms with Gasteiger partial charge in [0.1, 0.15) is 112 Å². The summed E-state index contributed by atoms with van der Waals surface area (Å²) in [5.74, 6) is 2.93. The van der Waals surface area contributed by atoms with E-state index in [0.29, 0.717) is 148 Å². The van der Waals surface area contributed by atoms with Crippen LogP contribution in [0.1, 0.15) is 201 Å². The van der Waals surface area contributed by atoms with Crippen LogP contribution >= 0.6 is 43.5 Å². The Balaban J connectivity index is 0.000000182. The number of morpholine rings is 1. The number of piperidine rings is 4. The van der Waals surface area contributed by atoms with E-state index in [1.807, 2.05) is 159 Å². The maximum absolute atomic E-state index is 12.4. The molecule has 0 radical (unpaired) electrons. The van der Waals surface area contributed by atoms with Crippen LogP contribution in [0.25, 0.3) is 22.5 Å². The monoisotopic (exact) mass is 1970 g/mol. The number of nitriles is 5. The Bertz CT molecular complexity index is 5580. The largest absolute Gasteiger partial charge is 0.507 e. The highest BCUT2D eigenvalue weighted by Crippen LogP contribution is 2.39. The Morgan fingerprint density at radius 1 is 0.440 bits per heavy atom. The molecule has 0 atom stereocenters. The fourth-order valence-electron chi connectivity index (χ4n) is 14.5. The molecule has 8 aromatic rings. The summed E-state index contributed by atoms with van der Waals surface area (Å²) in [6.07, 6.45) is 8.07. The summed E-state index contributed by atoms with van der Waals surface area (Å²) >= 11 is 12.4. The van der Waals surface area contributed by atoms with E-state index < -0.39 is 40.7 Å². The minimum atomic E-state index is -0.525. The van der Waals surface area contributed by atoms with E-state index in [0.717, 1.165) is 81.8 Å². The molecule has 8 heterocycles. The van der Waals surface area contributed by atoms with Crippen molar-refractivity contribution < 1.29 is 76.2 Å². The quantitative estimate of drug-likeness (QED) is 0.0600. The third kappa shape index (κ3) is 31.6. The lowest BCUT2D eigenvalue weighted by Crippen LogP contribution is -2.44. The van der Waals surface area contributed by atoms with E-state index in [9.17, 15) is 40.2 Å². The number of aromatic hydroxyl groups is 1. The minimum absolute atomic E-state index is 0.00182. The summed E-state index contributed by atoms with van der Waals surface area (Å²) in [5.41, 5.74) is 5.33.